The fourth-order valence-electron chi connectivity index (χ4n) is 3.18. The van der Waals surface area contributed by atoms with Gasteiger partial charge in [-0.05, 0) is 43.0 Å². The first-order valence-corrected chi connectivity index (χ1v) is 8.89. The average molecular weight is 351 g/mol. The zero-order valence-corrected chi connectivity index (χ0v) is 14.4. The van der Waals surface area contributed by atoms with E-state index in [-0.39, 0.29) is 0 Å². The number of benzene rings is 2. The third-order valence-electron chi connectivity index (χ3n) is 4.66. The van der Waals surface area contributed by atoms with Gasteiger partial charge in [-0.15, -0.1) is 0 Å². The third-order valence-corrected chi connectivity index (χ3v) is 4.66. The molecule has 2 heterocycles. The summed E-state index contributed by atoms with van der Waals surface area (Å²) >= 11 is 0. The van der Waals surface area contributed by atoms with Crippen LogP contribution >= 0.6 is 0 Å². The molecule has 0 saturated carbocycles. The molecular weight excluding hydrogens is 330 g/mol. The Bertz CT molecular complexity index is 837. The molecule has 26 heavy (non-hydrogen) atoms. The number of nitrogens with zero attached hydrogens (tertiary/aromatic N) is 2. The highest BCUT2D eigenvalue weighted by molar-refractivity contribution is 5.74. The highest BCUT2D eigenvalue weighted by Gasteiger charge is 2.23. The number of oxazole rings is 1. The lowest BCUT2D eigenvalue weighted by Crippen LogP contribution is -2.39. The third kappa shape index (κ3) is 3.79. The largest absolute Gasteiger partial charge is 0.423 e. The first kappa shape index (κ1) is 16.4. The minimum Gasteiger partial charge on any atom is -0.423 e. The van der Waals surface area contributed by atoms with Crippen molar-refractivity contribution in [3.05, 3.63) is 54.6 Å². The average Bonchev–Trinajstić information content (AvgIpc) is 3.12. The first-order valence-electron chi connectivity index (χ1n) is 8.89. The lowest BCUT2D eigenvalue weighted by Gasteiger charge is -2.30. The maximum absolute atomic E-state index is 11.9. The van der Waals surface area contributed by atoms with Crippen molar-refractivity contribution in [2.24, 2.45) is 5.92 Å². The number of carbonyl (C=O) groups is 1. The summed E-state index contributed by atoms with van der Waals surface area (Å²) < 4.78 is 11.1. The molecule has 0 spiro atoms. The Labute approximate surface area is 151 Å². The van der Waals surface area contributed by atoms with Crippen molar-refractivity contribution in [3.63, 3.8) is 0 Å². The predicted octanol–water partition coefficient (Wildman–Crippen LogP) is 3.83. The number of para-hydroxylation sites is 3. The molecule has 1 aliphatic rings. The van der Waals surface area contributed by atoms with Crippen molar-refractivity contribution in [3.8, 4) is 5.75 Å². The standard InChI is InChI=1S/C20H21N3O3/c24-20(25-16-6-2-1-3-7-16)21-14-15-10-12-23(13-11-15)19-22-17-8-4-5-9-18(17)26-19/h1-9,15H,10-14H2,(H,21,24). The number of hydrogen-bond acceptors (Lipinski definition) is 5. The molecule has 1 N–H and O–H groups in total. The van der Waals surface area contributed by atoms with E-state index in [9.17, 15) is 4.79 Å². The topological polar surface area (TPSA) is 67.6 Å². The second kappa shape index (κ2) is 7.47. The van der Waals surface area contributed by atoms with Crippen molar-refractivity contribution in [2.75, 3.05) is 24.5 Å². The summed E-state index contributed by atoms with van der Waals surface area (Å²) in [6.45, 7) is 2.35. The van der Waals surface area contributed by atoms with Crippen LogP contribution in [0.1, 0.15) is 12.8 Å². The SMILES string of the molecule is O=C(NCC1CCN(c2nc3ccccc3o2)CC1)Oc1ccccc1. The highest BCUT2D eigenvalue weighted by Crippen LogP contribution is 2.26. The molecule has 6 nitrogen and oxygen atoms in total. The quantitative estimate of drug-likeness (QED) is 0.774. The van der Waals surface area contributed by atoms with Gasteiger partial charge < -0.3 is 19.4 Å². The number of fused-ring (bicyclic) bond motifs is 1. The van der Waals surface area contributed by atoms with Crippen LogP contribution in [0.15, 0.2) is 59.0 Å². The molecule has 0 bridgehead atoms. The molecule has 3 aromatic rings. The van der Waals surface area contributed by atoms with E-state index in [1.165, 1.54) is 0 Å². The van der Waals surface area contributed by atoms with Gasteiger partial charge in [0.15, 0.2) is 5.58 Å². The fourth-order valence-corrected chi connectivity index (χ4v) is 3.18. The minimum absolute atomic E-state index is 0.405. The number of nitrogens with one attached hydrogen (secondary N) is 1. The Morgan fingerprint density at radius 1 is 1.12 bits per heavy atom. The summed E-state index contributed by atoms with van der Waals surface area (Å²) in [5.41, 5.74) is 1.70. The van der Waals surface area contributed by atoms with Gasteiger partial charge in [0.1, 0.15) is 11.3 Å². The van der Waals surface area contributed by atoms with Crippen LogP contribution in [0.5, 0.6) is 5.75 Å². The van der Waals surface area contributed by atoms with Crippen LogP contribution in [0.25, 0.3) is 11.1 Å². The van der Waals surface area contributed by atoms with Crippen molar-refractivity contribution >= 4 is 23.2 Å². The monoisotopic (exact) mass is 351 g/mol. The molecule has 0 aliphatic carbocycles. The number of amides is 1. The summed E-state index contributed by atoms with van der Waals surface area (Å²) in [5.74, 6) is 0.981. The van der Waals surface area contributed by atoms with Crippen LogP contribution in [0.4, 0.5) is 10.8 Å². The van der Waals surface area contributed by atoms with Gasteiger partial charge in [0.25, 0.3) is 6.01 Å². The normalized spacial score (nSPS) is 15.2. The van der Waals surface area contributed by atoms with Crippen LogP contribution in [0, 0.1) is 5.92 Å². The van der Waals surface area contributed by atoms with E-state index < -0.39 is 6.09 Å². The van der Waals surface area contributed by atoms with Crippen LogP contribution in [-0.2, 0) is 0 Å². The Kier molecular flexibility index (Phi) is 4.73. The zero-order chi connectivity index (χ0) is 17.8. The van der Waals surface area contributed by atoms with E-state index in [0.29, 0.717) is 24.2 Å². The van der Waals surface area contributed by atoms with E-state index in [1.807, 2.05) is 42.5 Å². The molecule has 0 unspecified atom stereocenters. The number of anilines is 1. The molecule has 0 atom stereocenters. The fraction of sp³-hybridized carbons (Fsp3) is 0.300. The van der Waals surface area contributed by atoms with Crippen molar-refractivity contribution in [1.82, 2.24) is 10.3 Å². The van der Waals surface area contributed by atoms with Gasteiger partial charge in [0, 0.05) is 19.6 Å². The molecule has 1 aliphatic heterocycles. The molecule has 0 radical (unpaired) electrons. The van der Waals surface area contributed by atoms with E-state index in [4.69, 9.17) is 9.15 Å². The molecule has 134 valence electrons. The van der Waals surface area contributed by atoms with E-state index in [1.54, 1.807) is 12.1 Å². The molecule has 1 aromatic heterocycles. The van der Waals surface area contributed by atoms with Gasteiger partial charge in [-0.2, -0.15) is 4.98 Å². The molecule has 2 aromatic carbocycles. The summed E-state index contributed by atoms with van der Waals surface area (Å²) in [5, 5.41) is 2.86. The van der Waals surface area contributed by atoms with E-state index >= 15 is 0 Å². The van der Waals surface area contributed by atoms with E-state index in [0.717, 1.165) is 37.0 Å². The van der Waals surface area contributed by atoms with Gasteiger partial charge in [-0.1, -0.05) is 30.3 Å². The van der Waals surface area contributed by atoms with Crippen LogP contribution in [-0.4, -0.2) is 30.7 Å². The van der Waals surface area contributed by atoms with Crippen LogP contribution < -0.4 is 15.0 Å². The Morgan fingerprint density at radius 3 is 2.62 bits per heavy atom. The minimum atomic E-state index is -0.405. The number of rotatable bonds is 4. The maximum atomic E-state index is 11.9. The Balaban J connectivity index is 1.25. The molecule has 1 saturated heterocycles. The maximum Gasteiger partial charge on any atom is 0.412 e. The summed E-state index contributed by atoms with van der Waals surface area (Å²) in [6, 6.07) is 17.6. The summed E-state index contributed by atoms with van der Waals surface area (Å²) in [4.78, 5) is 18.6. The van der Waals surface area contributed by atoms with Gasteiger partial charge in [0.05, 0.1) is 0 Å². The highest BCUT2D eigenvalue weighted by atomic mass is 16.6. The Hall–Kier alpha value is -3.02. The summed E-state index contributed by atoms with van der Waals surface area (Å²) in [7, 11) is 0. The first-order chi connectivity index (χ1) is 12.8. The van der Waals surface area contributed by atoms with Crippen LogP contribution in [0.2, 0.25) is 0 Å². The van der Waals surface area contributed by atoms with Crippen molar-refractivity contribution in [2.45, 2.75) is 12.8 Å². The van der Waals surface area contributed by atoms with Gasteiger partial charge in [-0.25, -0.2) is 4.79 Å². The number of ether oxygens (including phenoxy) is 1. The smallest absolute Gasteiger partial charge is 0.412 e. The van der Waals surface area contributed by atoms with Gasteiger partial charge in [0.2, 0.25) is 0 Å². The number of hydrogen-bond donors (Lipinski definition) is 1. The molecular formula is C20H21N3O3. The second-order valence-corrected chi connectivity index (χ2v) is 6.48. The lowest BCUT2D eigenvalue weighted by atomic mass is 9.97. The number of aromatic nitrogens is 1. The molecule has 6 heteroatoms. The predicted molar refractivity (Wildman–Crippen MR) is 99.4 cm³/mol. The lowest BCUT2D eigenvalue weighted by molar-refractivity contribution is 0.197. The Morgan fingerprint density at radius 2 is 1.85 bits per heavy atom. The van der Waals surface area contributed by atoms with Gasteiger partial charge in [-0.3, -0.25) is 0 Å². The van der Waals surface area contributed by atoms with E-state index in [2.05, 4.69) is 15.2 Å². The van der Waals surface area contributed by atoms with Crippen molar-refractivity contribution in [1.29, 1.82) is 0 Å². The van der Waals surface area contributed by atoms with Crippen molar-refractivity contribution < 1.29 is 13.9 Å². The number of carbonyl (C=O) groups excluding carboxylic acids is 1. The van der Waals surface area contributed by atoms with Gasteiger partial charge >= 0.3 is 6.09 Å². The molecule has 4 rings (SSSR count). The second-order valence-electron chi connectivity index (χ2n) is 6.48. The molecule has 1 amide bonds. The van der Waals surface area contributed by atoms with Crippen LogP contribution in [0.3, 0.4) is 0 Å². The molecule has 1 fully saturated rings. The zero-order valence-electron chi connectivity index (χ0n) is 14.4. The summed E-state index contributed by atoms with van der Waals surface area (Å²) in [6.07, 6.45) is 1.55. The number of piperidine rings is 1.